The third-order valence-electron chi connectivity index (χ3n) is 4.46. The zero-order valence-corrected chi connectivity index (χ0v) is 15.4. The molecule has 26 heavy (non-hydrogen) atoms. The van der Waals surface area contributed by atoms with Crippen LogP contribution < -0.4 is 15.0 Å². The normalized spacial score (nSPS) is 15.7. The molecule has 1 atom stereocenters. The van der Waals surface area contributed by atoms with Crippen molar-refractivity contribution in [2.45, 2.75) is 33.2 Å². The number of amides is 2. The molecule has 5 nitrogen and oxygen atoms in total. The van der Waals surface area contributed by atoms with E-state index >= 15 is 0 Å². The summed E-state index contributed by atoms with van der Waals surface area (Å²) in [6, 6.07) is 13.2. The van der Waals surface area contributed by atoms with Crippen molar-refractivity contribution >= 4 is 17.5 Å². The molecule has 2 amide bonds. The molecule has 1 N–H and O–H groups in total. The van der Waals surface area contributed by atoms with Gasteiger partial charge in [0, 0.05) is 24.7 Å². The summed E-state index contributed by atoms with van der Waals surface area (Å²) in [5.74, 6) is 0.534. The van der Waals surface area contributed by atoms with Gasteiger partial charge in [0.25, 0.3) is 5.91 Å². The SMILES string of the molecule is CC(=O)N[C@H]1C(=O)N(CCCOc2ccc(C)cc2)c2ccc(C)cc21. The highest BCUT2D eigenvalue weighted by Crippen LogP contribution is 2.36. The molecule has 0 radical (unpaired) electrons. The van der Waals surface area contributed by atoms with Crippen LogP contribution in [-0.2, 0) is 9.59 Å². The van der Waals surface area contributed by atoms with Gasteiger partial charge in [0.05, 0.1) is 6.61 Å². The van der Waals surface area contributed by atoms with Crippen LogP contribution in [-0.4, -0.2) is 25.0 Å². The number of benzene rings is 2. The first-order valence-corrected chi connectivity index (χ1v) is 8.84. The third-order valence-corrected chi connectivity index (χ3v) is 4.46. The molecule has 0 aromatic heterocycles. The zero-order valence-electron chi connectivity index (χ0n) is 15.4. The Morgan fingerprint density at radius 3 is 2.50 bits per heavy atom. The topological polar surface area (TPSA) is 58.6 Å². The molecule has 0 saturated heterocycles. The van der Waals surface area contributed by atoms with Crippen molar-refractivity contribution in [1.29, 1.82) is 0 Å². The van der Waals surface area contributed by atoms with Gasteiger partial charge in [0.1, 0.15) is 11.8 Å². The summed E-state index contributed by atoms with van der Waals surface area (Å²) in [7, 11) is 0. The number of carbonyl (C=O) groups excluding carboxylic acids is 2. The molecule has 0 bridgehead atoms. The lowest BCUT2D eigenvalue weighted by molar-refractivity contribution is -0.126. The molecule has 0 fully saturated rings. The highest BCUT2D eigenvalue weighted by atomic mass is 16.5. The first-order valence-electron chi connectivity index (χ1n) is 8.84. The van der Waals surface area contributed by atoms with Crippen molar-refractivity contribution in [3.63, 3.8) is 0 Å². The maximum atomic E-state index is 12.8. The van der Waals surface area contributed by atoms with Crippen LogP contribution in [0.3, 0.4) is 0 Å². The van der Waals surface area contributed by atoms with Crippen molar-refractivity contribution in [3.8, 4) is 5.75 Å². The molecule has 2 aromatic rings. The monoisotopic (exact) mass is 352 g/mol. The van der Waals surface area contributed by atoms with Crippen LogP contribution in [0.2, 0.25) is 0 Å². The minimum atomic E-state index is -0.597. The Morgan fingerprint density at radius 1 is 1.12 bits per heavy atom. The van der Waals surface area contributed by atoms with E-state index in [1.807, 2.05) is 56.3 Å². The van der Waals surface area contributed by atoms with Gasteiger partial charge in [-0.05, 0) is 38.5 Å². The number of ether oxygens (including phenoxy) is 1. The number of hydrogen-bond acceptors (Lipinski definition) is 3. The zero-order chi connectivity index (χ0) is 18.7. The third kappa shape index (κ3) is 3.87. The van der Waals surface area contributed by atoms with Gasteiger partial charge in [-0.3, -0.25) is 9.59 Å². The van der Waals surface area contributed by atoms with Crippen LogP contribution in [0.1, 0.15) is 36.1 Å². The van der Waals surface area contributed by atoms with Gasteiger partial charge in [-0.1, -0.05) is 35.4 Å². The van der Waals surface area contributed by atoms with Crippen LogP contribution in [0.25, 0.3) is 0 Å². The number of rotatable bonds is 6. The fourth-order valence-electron chi connectivity index (χ4n) is 3.18. The summed E-state index contributed by atoms with van der Waals surface area (Å²) in [5, 5.41) is 2.77. The van der Waals surface area contributed by atoms with Crippen LogP contribution >= 0.6 is 0 Å². The van der Waals surface area contributed by atoms with E-state index in [4.69, 9.17) is 4.74 Å². The Bertz CT molecular complexity index is 815. The van der Waals surface area contributed by atoms with Crippen molar-refractivity contribution in [2.75, 3.05) is 18.1 Å². The van der Waals surface area contributed by atoms with Crippen LogP contribution in [0.15, 0.2) is 42.5 Å². The van der Waals surface area contributed by atoms with Crippen LogP contribution in [0, 0.1) is 13.8 Å². The Hall–Kier alpha value is -2.82. The Kier molecular flexibility index (Phi) is 5.26. The summed E-state index contributed by atoms with van der Waals surface area (Å²) in [5.41, 5.74) is 3.99. The predicted molar refractivity (Wildman–Crippen MR) is 101 cm³/mol. The van der Waals surface area contributed by atoms with Crippen molar-refractivity contribution in [2.24, 2.45) is 0 Å². The number of carbonyl (C=O) groups is 2. The fourth-order valence-corrected chi connectivity index (χ4v) is 3.18. The summed E-state index contributed by atoms with van der Waals surface area (Å²) in [6.45, 7) is 6.53. The molecule has 5 heteroatoms. The van der Waals surface area contributed by atoms with Crippen LogP contribution in [0.5, 0.6) is 5.75 Å². The van der Waals surface area contributed by atoms with E-state index in [9.17, 15) is 9.59 Å². The van der Waals surface area contributed by atoms with Crippen molar-refractivity contribution in [3.05, 3.63) is 59.2 Å². The van der Waals surface area contributed by atoms with E-state index in [1.54, 1.807) is 4.90 Å². The number of nitrogens with one attached hydrogen (secondary N) is 1. The number of fused-ring (bicyclic) bond motifs is 1. The molecule has 1 heterocycles. The highest BCUT2D eigenvalue weighted by Gasteiger charge is 2.37. The first-order chi connectivity index (χ1) is 12.5. The quantitative estimate of drug-likeness (QED) is 0.812. The Morgan fingerprint density at radius 2 is 1.81 bits per heavy atom. The minimum absolute atomic E-state index is 0.0869. The standard InChI is InChI=1S/C21H24N2O3/c1-14-5-8-17(9-6-14)26-12-4-11-23-19-10-7-15(2)13-18(19)20(21(23)25)22-16(3)24/h5-10,13,20H,4,11-12H2,1-3H3,(H,22,24)/t20-/m1/s1. The van der Waals surface area contributed by atoms with Crippen molar-refractivity contribution in [1.82, 2.24) is 5.32 Å². The predicted octanol–water partition coefficient (Wildman–Crippen LogP) is 3.30. The maximum Gasteiger partial charge on any atom is 0.254 e. The Labute approximate surface area is 154 Å². The number of anilines is 1. The van der Waals surface area contributed by atoms with E-state index in [0.29, 0.717) is 19.6 Å². The molecular weight excluding hydrogens is 328 g/mol. The highest BCUT2D eigenvalue weighted by molar-refractivity contribution is 6.06. The molecule has 0 unspecified atom stereocenters. The largest absolute Gasteiger partial charge is 0.494 e. The summed E-state index contributed by atoms with van der Waals surface area (Å²) in [6.07, 6.45) is 0.708. The molecular formula is C21H24N2O3. The van der Waals surface area contributed by atoms with Gasteiger partial charge in [-0.15, -0.1) is 0 Å². The molecule has 0 saturated carbocycles. The molecule has 1 aliphatic heterocycles. The number of aryl methyl sites for hydroxylation is 2. The molecule has 0 aliphatic carbocycles. The molecule has 1 aliphatic rings. The summed E-state index contributed by atoms with van der Waals surface area (Å²) < 4.78 is 5.75. The lowest BCUT2D eigenvalue weighted by atomic mass is 10.1. The lowest BCUT2D eigenvalue weighted by Crippen LogP contribution is -2.37. The van der Waals surface area contributed by atoms with E-state index in [2.05, 4.69) is 5.32 Å². The average molecular weight is 352 g/mol. The average Bonchev–Trinajstić information content (AvgIpc) is 2.84. The van der Waals surface area contributed by atoms with E-state index in [0.717, 1.165) is 22.6 Å². The first kappa shape index (κ1) is 18.0. The van der Waals surface area contributed by atoms with Gasteiger partial charge in [-0.2, -0.15) is 0 Å². The number of hydrogen-bond donors (Lipinski definition) is 1. The molecule has 3 rings (SSSR count). The second-order valence-electron chi connectivity index (χ2n) is 6.70. The fraction of sp³-hybridized carbons (Fsp3) is 0.333. The van der Waals surface area contributed by atoms with Gasteiger partial charge in [-0.25, -0.2) is 0 Å². The second-order valence-corrected chi connectivity index (χ2v) is 6.70. The van der Waals surface area contributed by atoms with E-state index < -0.39 is 6.04 Å². The summed E-state index contributed by atoms with van der Waals surface area (Å²) >= 11 is 0. The molecule has 136 valence electrons. The molecule has 0 spiro atoms. The van der Waals surface area contributed by atoms with Gasteiger partial charge in [0.15, 0.2) is 0 Å². The summed E-state index contributed by atoms with van der Waals surface area (Å²) in [4.78, 5) is 26.0. The van der Waals surface area contributed by atoms with Crippen molar-refractivity contribution < 1.29 is 14.3 Å². The van der Waals surface area contributed by atoms with Gasteiger partial charge >= 0.3 is 0 Å². The van der Waals surface area contributed by atoms with Crippen LogP contribution in [0.4, 0.5) is 5.69 Å². The van der Waals surface area contributed by atoms with Gasteiger partial charge in [0.2, 0.25) is 5.91 Å². The maximum absolute atomic E-state index is 12.8. The smallest absolute Gasteiger partial charge is 0.254 e. The Balaban J connectivity index is 1.65. The second kappa shape index (κ2) is 7.60. The lowest BCUT2D eigenvalue weighted by Gasteiger charge is -2.18. The van der Waals surface area contributed by atoms with E-state index in [1.165, 1.54) is 12.5 Å². The minimum Gasteiger partial charge on any atom is -0.494 e. The molecule has 2 aromatic carbocycles. The van der Waals surface area contributed by atoms with Gasteiger partial charge < -0.3 is 15.0 Å². The van der Waals surface area contributed by atoms with E-state index in [-0.39, 0.29) is 11.8 Å². The number of nitrogens with zero attached hydrogens (tertiary/aromatic N) is 1.